The highest BCUT2D eigenvalue weighted by Crippen LogP contribution is 2.19. The van der Waals surface area contributed by atoms with Crippen molar-refractivity contribution >= 4 is 23.3 Å². The predicted octanol–water partition coefficient (Wildman–Crippen LogP) is 2.34. The van der Waals surface area contributed by atoms with Crippen molar-refractivity contribution < 1.29 is 14.3 Å². The van der Waals surface area contributed by atoms with E-state index in [2.05, 4.69) is 12.2 Å². The van der Waals surface area contributed by atoms with Crippen LogP contribution in [0.4, 0.5) is 4.79 Å². The zero-order valence-electron chi connectivity index (χ0n) is 15.0. The molecule has 0 spiro atoms. The van der Waals surface area contributed by atoms with Gasteiger partial charge in [-0.2, -0.15) is 0 Å². The van der Waals surface area contributed by atoms with Gasteiger partial charge >= 0.3 is 6.03 Å². The van der Waals surface area contributed by atoms with Gasteiger partial charge in [-0.15, -0.1) is 11.3 Å². The van der Waals surface area contributed by atoms with Gasteiger partial charge in [-0.25, -0.2) is 4.79 Å². The number of amides is 3. The lowest BCUT2D eigenvalue weighted by Crippen LogP contribution is -2.55. The van der Waals surface area contributed by atoms with Crippen LogP contribution in [0.25, 0.3) is 0 Å². The topological polar surface area (TPSA) is 61.9 Å². The van der Waals surface area contributed by atoms with Crippen LogP contribution in [-0.4, -0.2) is 67.2 Å². The summed E-state index contributed by atoms with van der Waals surface area (Å²) in [5.74, 6) is 0.466. The predicted molar refractivity (Wildman–Crippen MR) is 98.1 cm³/mol. The highest BCUT2D eigenvalue weighted by atomic mass is 32.1. The van der Waals surface area contributed by atoms with E-state index in [0.29, 0.717) is 32.1 Å². The maximum absolute atomic E-state index is 12.5. The summed E-state index contributed by atoms with van der Waals surface area (Å²) in [7, 11) is 0. The molecule has 0 aliphatic carbocycles. The summed E-state index contributed by atoms with van der Waals surface area (Å²) < 4.78 is 5.51. The molecule has 0 aromatic carbocycles. The van der Waals surface area contributed by atoms with E-state index >= 15 is 0 Å². The minimum atomic E-state index is -0.0304. The Balaban J connectivity index is 1.46. The van der Waals surface area contributed by atoms with Crippen molar-refractivity contribution in [1.82, 2.24) is 15.1 Å². The molecule has 1 aromatic heterocycles. The first-order valence-electron chi connectivity index (χ1n) is 9.03. The summed E-state index contributed by atoms with van der Waals surface area (Å²) >= 11 is 1.52. The fourth-order valence-corrected chi connectivity index (χ4v) is 4.22. The van der Waals surface area contributed by atoms with Crippen molar-refractivity contribution in [3.63, 3.8) is 0 Å². The van der Waals surface area contributed by atoms with Crippen LogP contribution in [0, 0.1) is 12.8 Å². The second-order valence-corrected chi connectivity index (χ2v) is 8.19. The molecule has 0 radical (unpaired) electrons. The van der Waals surface area contributed by atoms with Gasteiger partial charge in [0.05, 0.1) is 11.5 Å². The van der Waals surface area contributed by atoms with Crippen molar-refractivity contribution in [2.75, 3.05) is 39.4 Å². The molecule has 6 nitrogen and oxygen atoms in total. The van der Waals surface area contributed by atoms with Gasteiger partial charge in [0.2, 0.25) is 0 Å². The molecule has 3 heterocycles. The molecule has 138 valence electrons. The fraction of sp³-hybridized carbons (Fsp3) is 0.667. The normalized spacial score (nSPS) is 22.6. The highest BCUT2D eigenvalue weighted by Gasteiger charge is 2.28. The summed E-state index contributed by atoms with van der Waals surface area (Å²) in [6, 6.07) is 3.94. The second kappa shape index (κ2) is 8.19. The number of hydrogen-bond donors (Lipinski definition) is 1. The quantitative estimate of drug-likeness (QED) is 0.894. The van der Waals surface area contributed by atoms with Gasteiger partial charge in [-0.1, -0.05) is 0 Å². The Bertz CT molecular complexity index is 604. The van der Waals surface area contributed by atoms with Crippen molar-refractivity contribution in [3.05, 3.63) is 21.9 Å². The Kier molecular flexibility index (Phi) is 5.96. The maximum Gasteiger partial charge on any atom is 0.317 e. The van der Waals surface area contributed by atoms with Crippen molar-refractivity contribution in [3.8, 4) is 0 Å². The van der Waals surface area contributed by atoms with Crippen LogP contribution in [0.15, 0.2) is 12.1 Å². The lowest BCUT2D eigenvalue weighted by molar-refractivity contribution is 0.0417. The molecule has 3 amide bonds. The number of nitrogens with one attached hydrogen (secondary N) is 1. The molecule has 0 bridgehead atoms. The number of rotatable bonds is 3. The minimum Gasteiger partial charge on any atom is -0.381 e. The first kappa shape index (κ1) is 18.2. The monoisotopic (exact) mass is 365 g/mol. The number of aryl methyl sites for hydroxylation is 1. The molecule has 2 fully saturated rings. The Labute approximate surface area is 153 Å². The van der Waals surface area contributed by atoms with E-state index in [9.17, 15) is 9.59 Å². The van der Waals surface area contributed by atoms with Crippen LogP contribution < -0.4 is 5.32 Å². The van der Waals surface area contributed by atoms with Crippen LogP contribution in [0.3, 0.4) is 0 Å². The summed E-state index contributed by atoms with van der Waals surface area (Å²) in [6.07, 6.45) is 2.16. The van der Waals surface area contributed by atoms with Crippen LogP contribution in [-0.2, 0) is 4.74 Å². The third kappa shape index (κ3) is 4.52. The molecule has 25 heavy (non-hydrogen) atoms. The number of nitrogens with zero attached hydrogens (tertiary/aromatic N) is 2. The SMILES string of the molecule is Cc1ccc(C(=O)N2CCN(C(=O)NC(C)C3CCCOC3)CC2)s1. The number of urea groups is 1. The van der Waals surface area contributed by atoms with Crippen molar-refractivity contribution in [2.45, 2.75) is 32.7 Å². The van der Waals surface area contributed by atoms with Crippen molar-refractivity contribution in [2.24, 2.45) is 5.92 Å². The number of carbonyl (C=O) groups is 2. The maximum atomic E-state index is 12.5. The molecule has 1 aromatic rings. The summed E-state index contributed by atoms with van der Waals surface area (Å²) in [5.41, 5.74) is 0. The standard InChI is InChI=1S/C18H27N3O3S/c1-13-5-6-16(25-13)17(22)20-7-9-21(10-8-20)18(23)19-14(2)15-4-3-11-24-12-15/h5-6,14-15H,3-4,7-12H2,1-2H3,(H,19,23). The lowest BCUT2D eigenvalue weighted by Gasteiger charge is -2.36. The van der Waals surface area contributed by atoms with E-state index in [4.69, 9.17) is 4.74 Å². The number of hydrogen-bond acceptors (Lipinski definition) is 4. The van der Waals surface area contributed by atoms with Gasteiger partial charge in [-0.05, 0) is 38.8 Å². The van der Waals surface area contributed by atoms with Gasteiger partial charge in [0, 0.05) is 49.6 Å². The second-order valence-electron chi connectivity index (χ2n) is 6.90. The number of ether oxygens (including phenoxy) is 1. The zero-order valence-corrected chi connectivity index (χ0v) is 15.8. The van der Waals surface area contributed by atoms with Crippen LogP contribution in [0.2, 0.25) is 0 Å². The van der Waals surface area contributed by atoms with Gasteiger partial charge in [-0.3, -0.25) is 4.79 Å². The minimum absolute atomic E-state index is 0.0304. The first-order chi connectivity index (χ1) is 12.0. The zero-order chi connectivity index (χ0) is 17.8. The molecular formula is C18H27N3O3S. The lowest BCUT2D eigenvalue weighted by atomic mass is 9.95. The average molecular weight is 365 g/mol. The van der Waals surface area contributed by atoms with E-state index < -0.39 is 0 Å². The van der Waals surface area contributed by atoms with Crippen LogP contribution in [0.1, 0.15) is 34.3 Å². The average Bonchev–Trinajstić information content (AvgIpc) is 3.08. The van der Waals surface area contributed by atoms with Crippen LogP contribution in [0.5, 0.6) is 0 Å². The molecule has 2 aliphatic heterocycles. The van der Waals surface area contributed by atoms with Gasteiger partial charge < -0.3 is 19.9 Å². The first-order valence-corrected chi connectivity index (χ1v) is 9.85. The van der Waals surface area contributed by atoms with E-state index in [1.165, 1.54) is 11.3 Å². The van der Waals surface area contributed by atoms with Gasteiger partial charge in [0.1, 0.15) is 0 Å². The molecule has 0 saturated carbocycles. The summed E-state index contributed by atoms with van der Waals surface area (Å²) in [5, 5.41) is 3.10. The van der Waals surface area contributed by atoms with Gasteiger partial charge in [0.15, 0.2) is 0 Å². The summed E-state index contributed by atoms with van der Waals surface area (Å²) in [6.45, 7) is 7.94. The van der Waals surface area contributed by atoms with E-state index in [1.807, 2.05) is 28.9 Å². The molecule has 2 saturated heterocycles. The molecule has 2 atom stereocenters. The Morgan fingerprint density at radius 1 is 1.24 bits per heavy atom. The van der Waals surface area contributed by atoms with E-state index in [-0.39, 0.29) is 18.0 Å². The highest BCUT2D eigenvalue weighted by molar-refractivity contribution is 7.13. The molecule has 7 heteroatoms. The molecular weight excluding hydrogens is 338 g/mol. The molecule has 2 aliphatic rings. The van der Waals surface area contributed by atoms with Gasteiger partial charge in [0.25, 0.3) is 5.91 Å². The summed E-state index contributed by atoms with van der Waals surface area (Å²) in [4.78, 5) is 30.5. The van der Waals surface area contributed by atoms with Crippen LogP contribution >= 0.6 is 11.3 Å². The molecule has 1 N–H and O–H groups in total. The third-order valence-corrected chi connectivity index (χ3v) is 6.05. The largest absolute Gasteiger partial charge is 0.381 e. The van der Waals surface area contributed by atoms with E-state index in [1.54, 1.807) is 0 Å². The van der Waals surface area contributed by atoms with E-state index in [0.717, 1.165) is 35.8 Å². The number of carbonyl (C=O) groups excluding carboxylic acids is 2. The smallest absolute Gasteiger partial charge is 0.317 e. The van der Waals surface area contributed by atoms with Crippen molar-refractivity contribution in [1.29, 1.82) is 0 Å². The Hall–Kier alpha value is -1.60. The molecule has 2 unspecified atom stereocenters. The fourth-order valence-electron chi connectivity index (χ4n) is 3.38. The Morgan fingerprint density at radius 3 is 2.56 bits per heavy atom. The number of thiophene rings is 1. The Morgan fingerprint density at radius 2 is 1.96 bits per heavy atom. The number of piperazine rings is 1. The molecule has 3 rings (SSSR count). The third-order valence-electron chi connectivity index (χ3n) is 5.06.